The van der Waals surface area contributed by atoms with E-state index < -0.39 is 0 Å². The van der Waals surface area contributed by atoms with Crippen LogP contribution in [0.15, 0.2) is 12.4 Å². The van der Waals surface area contributed by atoms with Crippen LogP contribution in [0.25, 0.3) is 0 Å². The molecule has 0 radical (unpaired) electrons. The summed E-state index contributed by atoms with van der Waals surface area (Å²) in [4.78, 5) is 13.8. The zero-order valence-corrected chi connectivity index (χ0v) is 13.9. The lowest BCUT2D eigenvalue weighted by molar-refractivity contribution is 0.00448. The number of aromatic nitrogens is 2. The molecule has 122 valence electrons. The Morgan fingerprint density at radius 1 is 1.18 bits per heavy atom. The first kappa shape index (κ1) is 15.7. The topological polar surface area (TPSA) is 41.5 Å². The average Bonchev–Trinajstić information content (AvgIpc) is 2.62. The third kappa shape index (κ3) is 3.58. The molecule has 2 aliphatic rings. The van der Waals surface area contributed by atoms with Crippen LogP contribution < -0.4 is 4.90 Å². The number of ether oxygens (including phenoxy) is 1. The van der Waals surface area contributed by atoms with E-state index in [-0.39, 0.29) is 0 Å². The molecule has 2 fully saturated rings. The fourth-order valence-electron chi connectivity index (χ4n) is 3.65. The fraction of sp³-hybridized carbons (Fsp3) is 0.765. The molecule has 1 atom stereocenters. The molecule has 0 saturated carbocycles. The second-order valence-electron chi connectivity index (χ2n) is 6.43. The highest BCUT2D eigenvalue weighted by Crippen LogP contribution is 2.27. The number of nitrogens with zero attached hydrogens (tertiary/aromatic N) is 4. The van der Waals surface area contributed by atoms with Crippen LogP contribution in [0.4, 0.5) is 5.82 Å². The number of anilines is 1. The van der Waals surface area contributed by atoms with Gasteiger partial charge in [-0.05, 0) is 32.1 Å². The van der Waals surface area contributed by atoms with Gasteiger partial charge >= 0.3 is 0 Å². The molecule has 5 heteroatoms. The summed E-state index contributed by atoms with van der Waals surface area (Å²) in [7, 11) is 0. The zero-order chi connectivity index (χ0) is 15.4. The SMILES string of the molecule is CCc1cc(N2CCC(C(C)N3CCOCC3)CC2)ncn1. The van der Waals surface area contributed by atoms with E-state index in [9.17, 15) is 0 Å². The second kappa shape index (κ2) is 7.38. The first-order valence-corrected chi connectivity index (χ1v) is 8.65. The quantitative estimate of drug-likeness (QED) is 0.851. The van der Waals surface area contributed by atoms with Gasteiger partial charge in [0.1, 0.15) is 12.1 Å². The van der Waals surface area contributed by atoms with Gasteiger partial charge in [0.05, 0.1) is 13.2 Å². The predicted molar refractivity (Wildman–Crippen MR) is 88.2 cm³/mol. The third-order valence-corrected chi connectivity index (χ3v) is 5.24. The normalized spacial score (nSPS) is 22.7. The number of rotatable bonds is 4. The van der Waals surface area contributed by atoms with Gasteiger partial charge in [-0.3, -0.25) is 4.90 Å². The van der Waals surface area contributed by atoms with Crippen LogP contribution in [0.1, 0.15) is 32.4 Å². The lowest BCUT2D eigenvalue weighted by Crippen LogP contribution is -2.48. The maximum absolute atomic E-state index is 5.47. The molecule has 22 heavy (non-hydrogen) atoms. The van der Waals surface area contributed by atoms with Crippen molar-refractivity contribution < 1.29 is 4.74 Å². The van der Waals surface area contributed by atoms with Crippen molar-refractivity contribution in [3.63, 3.8) is 0 Å². The fourth-order valence-corrected chi connectivity index (χ4v) is 3.65. The molecule has 1 unspecified atom stereocenters. The van der Waals surface area contributed by atoms with E-state index in [0.717, 1.165) is 63.2 Å². The molecule has 0 aliphatic carbocycles. The van der Waals surface area contributed by atoms with Crippen molar-refractivity contribution in [2.75, 3.05) is 44.3 Å². The van der Waals surface area contributed by atoms with E-state index in [4.69, 9.17) is 4.74 Å². The summed E-state index contributed by atoms with van der Waals surface area (Å²) in [5, 5.41) is 0. The van der Waals surface area contributed by atoms with Gasteiger partial charge in [0, 0.05) is 44.0 Å². The minimum Gasteiger partial charge on any atom is -0.379 e. The molecule has 1 aromatic heterocycles. The molecule has 0 aromatic carbocycles. The summed E-state index contributed by atoms with van der Waals surface area (Å²) >= 11 is 0. The second-order valence-corrected chi connectivity index (χ2v) is 6.43. The molecular weight excluding hydrogens is 276 g/mol. The minimum atomic E-state index is 0.669. The van der Waals surface area contributed by atoms with Crippen molar-refractivity contribution in [1.29, 1.82) is 0 Å². The van der Waals surface area contributed by atoms with Crippen molar-refractivity contribution in [3.05, 3.63) is 18.1 Å². The van der Waals surface area contributed by atoms with Crippen molar-refractivity contribution in [2.24, 2.45) is 5.92 Å². The van der Waals surface area contributed by atoms with Gasteiger partial charge in [-0.2, -0.15) is 0 Å². The molecule has 5 nitrogen and oxygen atoms in total. The Morgan fingerprint density at radius 3 is 2.59 bits per heavy atom. The molecule has 1 aromatic rings. The number of hydrogen-bond donors (Lipinski definition) is 0. The molecule has 3 rings (SSSR count). The third-order valence-electron chi connectivity index (χ3n) is 5.24. The molecule has 2 aliphatic heterocycles. The van der Waals surface area contributed by atoms with Crippen molar-refractivity contribution in [2.45, 2.75) is 39.2 Å². The predicted octanol–water partition coefficient (Wildman–Crippen LogP) is 1.98. The van der Waals surface area contributed by atoms with E-state index in [2.05, 4.69) is 39.7 Å². The maximum atomic E-state index is 5.47. The summed E-state index contributed by atoms with van der Waals surface area (Å²) in [5.74, 6) is 1.89. The molecule has 2 saturated heterocycles. The summed E-state index contributed by atoms with van der Waals surface area (Å²) in [5.41, 5.74) is 1.13. The largest absolute Gasteiger partial charge is 0.379 e. The number of hydrogen-bond acceptors (Lipinski definition) is 5. The van der Waals surface area contributed by atoms with Crippen LogP contribution in [0.2, 0.25) is 0 Å². The first-order valence-electron chi connectivity index (χ1n) is 8.65. The molecule has 3 heterocycles. The van der Waals surface area contributed by atoms with E-state index in [0.29, 0.717) is 6.04 Å². The number of morpholine rings is 1. The zero-order valence-electron chi connectivity index (χ0n) is 13.9. The van der Waals surface area contributed by atoms with Crippen LogP contribution in [0.5, 0.6) is 0 Å². The molecule has 0 spiro atoms. The lowest BCUT2D eigenvalue weighted by Gasteiger charge is -2.41. The van der Waals surface area contributed by atoms with Crippen molar-refractivity contribution >= 4 is 5.82 Å². The smallest absolute Gasteiger partial charge is 0.132 e. The van der Waals surface area contributed by atoms with Gasteiger partial charge in [-0.1, -0.05) is 6.92 Å². The number of aryl methyl sites for hydroxylation is 1. The van der Waals surface area contributed by atoms with E-state index in [1.807, 2.05) is 0 Å². The van der Waals surface area contributed by atoms with Crippen LogP contribution in [0, 0.1) is 5.92 Å². The van der Waals surface area contributed by atoms with E-state index in [1.54, 1.807) is 6.33 Å². The Hall–Kier alpha value is -1.20. The Labute approximate surface area is 133 Å². The van der Waals surface area contributed by atoms with Gasteiger partial charge < -0.3 is 9.64 Å². The van der Waals surface area contributed by atoms with Gasteiger partial charge in [0.25, 0.3) is 0 Å². The van der Waals surface area contributed by atoms with Gasteiger partial charge in [0.15, 0.2) is 0 Å². The monoisotopic (exact) mass is 304 g/mol. The van der Waals surface area contributed by atoms with Crippen molar-refractivity contribution in [3.8, 4) is 0 Å². The minimum absolute atomic E-state index is 0.669. The van der Waals surface area contributed by atoms with Gasteiger partial charge in [-0.25, -0.2) is 9.97 Å². The van der Waals surface area contributed by atoms with Crippen LogP contribution in [-0.4, -0.2) is 60.3 Å². The molecule has 0 bridgehead atoms. The number of piperidine rings is 1. The first-order chi connectivity index (χ1) is 10.8. The molecule has 0 amide bonds. The summed E-state index contributed by atoms with van der Waals surface area (Å²) in [6.07, 6.45) is 5.19. The Balaban J connectivity index is 1.55. The standard InChI is InChI=1S/C17H28N4O/c1-3-16-12-17(19-13-18-16)21-6-4-15(5-7-21)14(2)20-8-10-22-11-9-20/h12-15H,3-11H2,1-2H3. The Bertz CT molecular complexity index is 467. The van der Waals surface area contributed by atoms with E-state index >= 15 is 0 Å². The molecular formula is C17H28N4O. The average molecular weight is 304 g/mol. The Morgan fingerprint density at radius 2 is 1.91 bits per heavy atom. The van der Waals surface area contributed by atoms with Crippen LogP contribution >= 0.6 is 0 Å². The molecule has 0 N–H and O–H groups in total. The summed E-state index contributed by atoms with van der Waals surface area (Å²) < 4.78 is 5.47. The maximum Gasteiger partial charge on any atom is 0.132 e. The van der Waals surface area contributed by atoms with E-state index in [1.165, 1.54) is 12.8 Å². The van der Waals surface area contributed by atoms with Gasteiger partial charge in [0.2, 0.25) is 0 Å². The lowest BCUT2D eigenvalue weighted by atomic mass is 9.89. The van der Waals surface area contributed by atoms with Crippen LogP contribution in [0.3, 0.4) is 0 Å². The summed E-state index contributed by atoms with van der Waals surface area (Å²) in [6.45, 7) is 10.7. The highest BCUT2D eigenvalue weighted by molar-refractivity contribution is 5.39. The van der Waals surface area contributed by atoms with Crippen molar-refractivity contribution in [1.82, 2.24) is 14.9 Å². The summed E-state index contributed by atoms with van der Waals surface area (Å²) in [6, 6.07) is 2.81. The highest BCUT2D eigenvalue weighted by Gasteiger charge is 2.28. The van der Waals surface area contributed by atoms with Crippen LogP contribution in [-0.2, 0) is 11.2 Å². The van der Waals surface area contributed by atoms with Gasteiger partial charge in [-0.15, -0.1) is 0 Å². The highest BCUT2D eigenvalue weighted by atomic mass is 16.5. The Kier molecular flexibility index (Phi) is 5.26.